The highest BCUT2D eigenvalue weighted by Gasteiger charge is 2.29. The van der Waals surface area contributed by atoms with Crippen molar-refractivity contribution in [2.24, 2.45) is 0 Å². The summed E-state index contributed by atoms with van der Waals surface area (Å²) >= 11 is 6.01. The number of aromatic nitrogens is 2. The summed E-state index contributed by atoms with van der Waals surface area (Å²) < 4.78 is 45.7. The van der Waals surface area contributed by atoms with E-state index in [-0.39, 0.29) is 27.4 Å². The molecule has 0 fully saturated rings. The van der Waals surface area contributed by atoms with Gasteiger partial charge in [-0.25, -0.2) is 22.3 Å². The molecule has 2 aromatic rings. The van der Waals surface area contributed by atoms with Crippen LogP contribution in [0.1, 0.15) is 48.3 Å². The van der Waals surface area contributed by atoms with E-state index in [1.165, 1.54) is 6.07 Å². The van der Waals surface area contributed by atoms with E-state index in [0.717, 1.165) is 29.8 Å². The molecule has 1 heterocycles. The first-order chi connectivity index (χ1) is 12.6. The van der Waals surface area contributed by atoms with E-state index in [2.05, 4.69) is 5.10 Å². The van der Waals surface area contributed by atoms with E-state index in [0.29, 0.717) is 24.1 Å². The van der Waals surface area contributed by atoms with Gasteiger partial charge in [0, 0.05) is 11.8 Å². The lowest BCUT2D eigenvalue weighted by Gasteiger charge is -2.13. The van der Waals surface area contributed by atoms with Crippen molar-refractivity contribution in [3.63, 3.8) is 0 Å². The molecule has 0 radical (unpaired) electrons. The molecule has 146 valence electrons. The molecule has 6 nitrogen and oxygen atoms in total. The number of benzene rings is 1. The van der Waals surface area contributed by atoms with Gasteiger partial charge in [-0.2, -0.15) is 5.10 Å². The highest BCUT2D eigenvalue weighted by Crippen LogP contribution is 2.32. The van der Waals surface area contributed by atoms with Gasteiger partial charge in [0.05, 0.1) is 22.4 Å². The van der Waals surface area contributed by atoms with Gasteiger partial charge in [-0.1, -0.05) is 11.6 Å². The van der Waals surface area contributed by atoms with Gasteiger partial charge in [0.2, 0.25) is 0 Å². The van der Waals surface area contributed by atoms with Crippen LogP contribution in [0.4, 0.5) is 4.39 Å². The Hall–Kier alpha value is -1.93. The average molecular weight is 415 g/mol. The summed E-state index contributed by atoms with van der Waals surface area (Å²) in [4.78, 5) is 12.3. The summed E-state index contributed by atoms with van der Waals surface area (Å²) in [6, 6.07) is 2.16. The SMILES string of the molecule is CC(C)OC(=O)c1cc(-n2nc3c(c2S(C)(=O)=O)CCCC3)c(F)cc1Cl. The molecule has 0 aliphatic heterocycles. The zero-order chi connectivity index (χ0) is 19.9. The zero-order valence-electron chi connectivity index (χ0n) is 15.3. The minimum Gasteiger partial charge on any atom is -0.459 e. The quantitative estimate of drug-likeness (QED) is 0.715. The predicted octanol–water partition coefficient (Wildman–Crippen LogP) is 3.51. The monoisotopic (exact) mass is 414 g/mol. The molecule has 1 aliphatic rings. The molecule has 1 aromatic heterocycles. The van der Waals surface area contributed by atoms with Gasteiger partial charge in [-0.15, -0.1) is 0 Å². The number of sulfone groups is 1. The maximum atomic E-state index is 14.7. The number of nitrogens with zero attached hydrogens (tertiary/aromatic N) is 2. The summed E-state index contributed by atoms with van der Waals surface area (Å²) in [6.45, 7) is 3.36. The van der Waals surface area contributed by atoms with Crippen molar-refractivity contribution in [2.45, 2.75) is 50.7 Å². The highest BCUT2D eigenvalue weighted by molar-refractivity contribution is 7.90. The van der Waals surface area contributed by atoms with Crippen LogP contribution in [0, 0.1) is 5.82 Å². The lowest BCUT2D eigenvalue weighted by Crippen LogP contribution is -2.15. The number of carbonyl (C=O) groups excluding carboxylic acids is 1. The largest absolute Gasteiger partial charge is 0.459 e. The van der Waals surface area contributed by atoms with E-state index in [4.69, 9.17) is 16.3 Å². The second-order valence-electron chi connectivity index (χ2n) is 6.86. The second-order valence-corrected chi connectivity index (χ2v) is 9.20. The standard InChI is InChI=1S/C18H20ClFN2O4S/c1-10(2)26-18(23)12-8-16(14(20)9-13(12)19)22-17(27(3,24)25)11-6-4-5-7-15(11)21-22/h8-10H,4-7H2,1-3H3. The first kappa shape index (κ1) is 19.8. The summed E-state index contributed by atoms with van der Waals surface area (Å²) in [7, 11) is -3.67. The molecule has 0 saturated carbocycles. The third-order valence-corrected chi connectivity index (χ3v) is 5.72. The summed E-state index contributed by atoms with van der Waals surface area (Å²) in [6.07, 6.45) is 3.61. The highest BCUT2D eigenvalue weighted by atomic mass is 35.5. The minimum atomic E-state index is -3.67. The van der Waals surface area contributed by atoms with E-state index in [1.54, 1.807) is 13.8 Å². The number of fused-ring (bicyclic) bond motifs is 1. The average Bonchev–Trinajstić information content (AvgIpc) is 2.93. The molecule has 0 saturated heterocycles. The number of halogens is 2. The Balaban J connectivity index is 2.23. The predicted molar refractivity (Wildman–Crippen MR) is 98.8 cm³/mol. The van der Waals surface area contributed by atoms with Gasteiger partial charge in [0.25, 0.3) is 0 Å². The molecule has 0 unspecified atom stereocenters. The Labute approximate surface area is 162 Å². The Morgan fingerprint density at radius 3 is 2.59 bits per heavy atom. The van der Waals surface area contributed by atoms with Crippen LogP contribution in [-0.2, 0) is 27.4 Å². The van der Waals surface area contributed by atoms with Gasteiger partial charge in [0.1, 0.15) is 11.5 Å². The zero-order valence-corrected chi connectivity index (χ0v) is 16.8. The smallest absolute Gasteiger partial charge is 0.339 e. The van der Waals surface area contributed by atoms with Crippen LogP contribution in [0.15, 0.2) is 17.2 Å². The Bertz CT molecular complexity index is 1010. The summed E-state index contributed by atoms with van der Waals surface area (Å²) in [5.41, 5.74) is 1.06. The summed E-state index contributed by atoms with van der Waals surface area (Å²) in [5, 5.41) is 4.19. The lowest BCUT2D eigenvalue weighted by atomic mass is 9.98. The fraction of sp³-hybridized carbons (Fsp3) is 0.444. The fourth-order valence-corrected chi connectivity index (χ4v) is 4.55. The third-order valence-electron chi connectivity index (χ3n) is 4.29. The van der Waals surface area contributed by atoms with Crippen LogP contribution in [0.25, 0.3) is 5.69 Å². The van der Waals surface area contributed by atoms with Crippen molar-refractivity contribution < 1.29 is 22.3 Å². The Kier molecular flexibility index (Phi) is 5.31. The van der Waals surface area contributed by atoms with Crippen molar-refractivity contribution in [3.05, 3.63) is 39.8 Å². The molecule has 1 aromatic carbocycles. The molecule has 27 heavy (non-hydrogen) atoms. The first-order valence-corrected chi connectivity index (χ1v) is 10.9. The van der Waals surface area contributed by atoms with Crippen molar-refractivity contribution in [1.82, 2.24) is 9.78 Å². The Morgan fingerprint density at radius 2 is 1.96 bits per heavy atom. The normalized spacial score (nSPS) is 14.3. The maximum absolute atomic E-state index is 14.7. The molecular weight excluding hydrogens is 395 g/mol. The van der Waals surface area contributed by atoms with Gasteiger partial charge < -0.3 is 4.74 Å². The minimum absolute atomic E-state index is 0.0402. The third kappa shape index (κ3) is 3.87. The molecule has 0 atom stereocenters. The molecular formula is C18H20ClFN2O4S. The van der Waals surface area contributed by atoms with Crippen LogP contribution in [0.2, 0.25) is 5.02 Å². The van der Waals surface area contributed by atoms with Crippen LogP contribution in [-0.4, -0.2) is 36.5 Å². The Morgan fingerprint density at radius 1 is 1.30 bits per heavy atom. The topological polar surface area (TPSA) is 78.3 Å². The van der Waals surface area contributed by atoms with Gasteiger partial charge in [-0.05, 0) is 51.7 Å². The number of hydrogen-bond acceptors (Lipinski definition) is 5. The van der Waals surface area contributed by atoms with Crippen LogP contribution in [0.5, 0.6) is 0 Å². The fourth-order valence-electron chi connectivity index (χ4n) is 3.20. The first-order valence-electron chi connectivity index (χ1n) is 8.60. The number of ether oxygens (including phenoxy) is 1. The van der Waals surface area contributed by atoms with Crippen molar-refractivity contribution >= 4 is 27.4 Å². The van der Waals surface area contributed by atoms with Crippen molar-refractivity contribution in [3.8, 4) is 5.69 Å². The van der Waals surface area contributed by atoms with Crippen LogP contribution >= 0.6 is 11.6 Å². The van der Waals surface area contributed by atoms with Crippen LogP contribution in [0.3, 0.4) is 0 Å². The summed E-state index contributed by atoms with van der Waals surface area (Å²) in [5.74, 6) is -1.49. The van der Waals surface area contributed by atoms with E-state index >= 15 is 0 Å². The lowest BCUT2D eigenvalue weighted by molar-refractivity contribution is 0.0378. The van der Waals surface area contributed by atoms with E-state index in [9.17, 15) is 17.6 Å². The van der Waals surface area contributed by atoms with Gasteiger partial charge in [0.15, 0.2) is 14.9 Å². The van der Waals surface area contributed by atoms with Gasteiger partial charge >= 0.3 is 5.97 Å². The molecule has 0 amide bonds. The molecule has 0 bridgehead atoms. The molecule has 3 rings (SSSR count). The van der Waals surface area contributed by atoms with Crippen LogP contribution < -0.4 is 0 Å². The number of hydrogen-bond donors (Lipinski definition) is 0. The van der Waals surface area contributed by atoms with Crippen molar-refractivity contribution in [2.75, 3.05) is 6.26 Å². The van der Waals surface area contributed by atoms with E-state index < -0.39 is 21.6 Å². The van der Waals surface area contributed by atoms with E-state index in [1.807, 2.05) is 0 Å². The van der Waals surface area contributed by atoms with Crippen molar-refractivity contribution in [1.29, 1.82) is 0 Å². The molecule has 0 N–H and O–H groups in total. The maximum Gasteiger partial charge on any atom is 0.339 e. The second kappa shape index (κ2) is 7.24. The molecule has 9 heteroatoms. The number of rotatable bonds is 4. The molecule has 0 spiro atoms. The number of carbonyl (C=O) groups is 1. The molecule has 1 aliphatic carbocycles. The van der Waals surface area contributed by atoms with Gasteiger partial charge in [-0.3, -0.25) is 0 Å². The number of esters is 1. The number of aryl methyl sites for hydroxylation is 1.